The third kappa shape index (κ3) is 5.21. The highest BCUT2D eigenvalue weighted by atomic mass is 32.2. The molecule has 1 heterocycles. The molecule has 28 heavy (non-hydrogen) atoms. The predicted molar refractivity (Wildman–Crippen MR) is 114 cm³/mol. The van der Waals surface area contributed by atoms with Gasteiger partial charge in [-0.2, -0.15) is 0 Å². The molecule has 3 rings (SSSR count). The molecule has 1 amide bonds. The van der Waals surface area contributed by atoms with E-state index < -0.39 is 0 Å². The van der Waals surface area contributed by atoms with Crippen molar-refractivity contribution in [1.29, 1.82) is 0 Å². The molecule has 2 aromatic rings. The number of hydrogen-bond donors (Lipinski definition) is 0. The Labute approximate surface area is 173 Å². The quantitative estimate of drug-likeness (QED) is 0.388. The topological polar surface area (TPSA) is 55.8 Å². The van der Waals surface area contributed by atoms with Gasteiger partial charge in [0.15, 0.2) is 0 Å². The van der Waals surface area contributed by atoms with E-state index >= 15 is 0 Å². The van der Waals surface area contributed by atoms with Crippen molar-refractivity contribution >= 4 is 46.3 Å². The Bertz CT molecular complexity index is 912. The molecule has 144 valence electrons. The van der Waals surface area contributed by atoms with Gasteiger partial charge in [0.25, 0.3) is 5.91 Å². The highest BCUT2D eigenvalue weighted by molar-refractivity contribution is 8.26. The van der Waals surface area contributed by atoms with Crippen molar-refractivity contribution in [2.24, 2.45) is 0 Å². The number of thioether (sulfide) groups is 1. The van der Waals surface area contributed by atoms with Crippen LogP contribution in [0.1, 0.15) is 17.5 Å². The number of hydrogen-bond acceptors (Lipinski definition) is 6. The van der Waals surface area contributed by atoms with Crippen LogP contribution in [0.15, 0.2) is 59.5 Å². The number of rotatable bonds is 7. The summed E-state index contributed by atoms with van der Waals surface area (Å²) in [5.74, 6) is 0.148. The van der Waals surface area contributed by atoms with Gasteiger partial charge in [0, 0.05) is 6.54 Å². The Balaban J connectivity index is 1.67. The Morgan fingerprint density at radius 2 is 1.96 bits per heavy atom. The molecule has 0 N–H and O–H groups in total. The first-order valence-corrected chi connectivity index (χ1v) is 9.88. The van der Waals surface area contributed by atoms with Crippen LogP contribution in [0.4, 0.5) is 0 Å². The van der Waals surface area contributed by atoms with E-state index in [-0.39, 0.29) is 24.8 Å². The molecule has 1 aliphatic rings. The van der Waals surface area contributed by atoms with Crippen molar-refractivity contribution in [3.8, 4) is 5.75 Å². The summed E-state index contributed by atoms with van der Waals surface area (Å²) in [5.41, 5.74) is 1.93. The highest BCUT2D eigenvalue weighted by Crippen LogP contribution is 2.33. The van der Waals surface area contributed by atoms with Gasteiger partial charge in [-0.1, -0.05) is 66.4 Å². The molecule has 0 bridgehead atoms. The van der Waals surface area contributed by atoms with Gasteiger partial charge >= 0.3 is 5.97 Å². The third-order valence-electron chi connectivity index (χ3n) is 4.04. The molecular weight excluding hydrogens is 394 g/mol. The minimum Gasteiger partial charge on any atom is -0.489 e. The van der Waals surface area contributed by atoms with Crippen LogP contribution >= 0.6 is 24.0 Å². The second-order valence-electron chi connectivity index (χ2n) is 6.01. The van der Waals surface area contributed by atoms with Gasteiger partial charge in [0.1, 0.15) is 16.7 Å². The molecular formula is C21H19NO4S2. The van der Waals surface area contributed by atoms with Crippen molar-refractivity contribution in [3.63, 3.8) is 0 Å². The van der Waals surface area contributed by atoms with Crippen LogP contribution in [0.3, 0.4) is 0 Å². The molecule has 5 nitrogen and oxygen atoms in total. The van der Waals surface area contributed by atoms with Crippen LogP contribution < -0.4 is 4.74 Å². The zero-order valence-corrected chi connectivity index (χ0v) is 16.9. The average molecular weight is 414 g/mol. The Hall–Kier alpha value is -2.64. The molecule has 1 aliphatic heterocycles. The fourth-order valence-corrected chi connectivity index (χ4v) is 3.89. The van der Waals surface area contributed by atoms with E-state index in [4.69, 9.17) is 17.0 Å². The smallest absolute Gasteiger partial charge is 0.307 e. The summed E-state index contributed by atoms with van der Waals surface area (Å²) in [6.45, 7) is 0.689. The molecule has 0 unspecified atom stereocenters. The summed E-state index contributed by atoms with van der Waals surface area (Å²) in [6, 6.07) is 17.4. The predicted octanol–water partition coefficient (Wildman–Crippen LogP) is 4.03. The minimum absolute atomic E-state index is 0.110. The molecule has 0 aromatic heterocycles. The van der Waals surface area contributed by atoms with Crippen molar-refractivity contribution in [3.05, 3.63) is 70.6 Å². The standard InChI is InChI=1S/C21H19NO4S2/c1-25-19(23)10-11-22-20(24)18(28-21(22)27)13-16-8-5-9-17(12-16)26-14-15-6-3-2-4-7-15/h2-9,12-13H,10-11,14H2,1H3. The molecule has 0 saturated carbocycles. The van der Waals surface area contributed by atoms with Crippen LogP contribution in [0.5, 0.6) is 5.75 Å². The van der Waals surface area contributed by atoms with Crippen molar-refractivity contribution in [1.82, 2.24) is 4.90 Å². The highest BCUT2D eigenvalue weighted by Gasteiger charge is 2.32. The summed E-state index contributed by atoms with van der Waals surface area (Å²) in [5, 5.41) is 0. The maximum atomic E-state index is 12.6. The lowest BCUT2D eigenvalue weighted by molar-refractivity contribution is -0.140. The monoisotopic (exact) mass is 413 g/mol. The fraction of sp³-hybridized carbons (Fsp3) is 0.190. The molecule has 1 fully saturated rings. The first kappa shape index (κ1) is 20.1. The lowest BCUT2D eigenvalue weighted by Gasteiger charge is -2.13. The first-order valence-electron chi connectivity index (χ1n) is 8.66. The molecule has 0 aliphatic carbocycles. The number of ether oxygens (including phenoxy) is 2. The van der Waals surface area contributed by atoms with E-state index in [1.165, 1.54) is 23.8 Å². The molecule has 0 spiro atoms. The van der Waals surface area contributed by atoms with Crippen LogP contribution in [-0.4, -0.2) is 34.8 Å². The second-order valence-corrected chi connectivity index (χ2v) is 7.68. The van der Waals surface area contributed by atoms with Crippen molar-refractivity contribution in [2.45, 2.75) is 13.0 Å². The van der Waals surface area contributed by atoms with Crippen LogP contribution in [0.2, 0.25) is 0 Å². The van der Waals surface area contributed by atoms with Crippen molar-refractivity contribution in [2.75, 3.05) is 13.7 Å². The van der Waals surface area contributed by atoms with E-state index in [0.29, 0.717) is 15.8 Å². The Morgan fingerprint density at radius 1 is 1.18 bits per heavy atom. The molecule has 0 radical (unpaired) electrons. The lowest BCUT2D eigenvalue weighted by Crippen LogP contribution is -2.30. The Kier molecular flexibility index (Phi) is 6.84. The number of amides is 1. The van der Waals surface area contributed by atoms with Gasteiger partial charge in [-0.3, -0.25) is 14.5 Å². The van der Waals surface area contributed by atoms with Crippen LogP contribution in [0.25, 0.3) is 6.08 Å². The number of benzene rings is 2. The maximum Gasteiger partial charge on any atom is 0.307 e. The summed E-state index contributed by atoms with van der Waals surface area (Å²) < 4.78 is 10.9. The van der Waals surface area contributed by atoms with E-state index in [1.54, 1.807) is 6.08 Å². The van der Waals surface area contributed by atoms with E-state index in [1.807, 2.05) is 54.6 Å². The fourth-order valence-electron chi connectivity index (χ4n) is 2.58. The summed E-state index contributed by atoms with van der Waals surface area (Å²) in [4.78, 5) is 25.9. The van der Waals surface area contributed by atoms with Gasteiger partial charge in [-0.25, -0.2) is 0 Å². The lowest BCUT2D eigenvalue weighted by atomic mass is 10.2. The van der Waals surface area contributed by atoms with E-state index in [0.717, 1.165) is 16.9 Å². The van der Waals surface area contributed by atoms with Crippen LogP contribution in [-0.2, 0) is 20.9 Å². The first-order chi connectivity index (χ1) is 13.6. The summed E-state index contributed by atoms with van der Waals surface area (Å²) >= 11 is 6.50. The molecule has 7 heteroatoms. The second kappa shape index (κ2) is 9.52. The summed E-state index contributed by atoms with van der Waals surface area (Å²) in [6.07, 6.45) is 1.89. The molecule has 1 saturated heterocycles. The Morgan fingerprint density at radius 3 is 2.71 bits per heavy atom. The zero-order valence-electron chi connectivity index (χ0n) is 15.3. The van der Waals surface area contributed by atoms with Gasteiger partial charge in [0.05, 0.1) is 18.4 Å². The normalized spacial score (nSPS) is 15.2. The number of methoxy groups -OCH3 is 1. The third-order valence-corrected chi connectivity index (χ3v) is 5.42. The number of nitrogens with zero attached hydrogens (tertiary/aromatic N) is 1. The van der Waals surface area contributed by atoms with Gasteiger partial charge < -0.3 is 9.47 Å². The van der Waals surface area contributed by atoms with E-state index in [2.05, 4.69) is 4.74 Å². The number of carbonyl (C=O) groups excluding carboxylic acids is 2. The van der Waals surface area contributed by atoms with Gasteiger partial charge in [-0.05, 0) is 29.3 Å². The van der Waals surface area contributed by atoms with Gasteiger partial charge in [-0.15, -0.1) is 0 Å². The molecule has 2 aromatic carbocycles. The van der Waals surface area contributed by atoms with Gasteiger partial charge in [0.2, 0.25) is 0 Å². The SMILES string of the molecule is COC(=O)CCN1C(=O)C(=Cc2cccc(OCc3ccccc3)c2)SC1=S. The van der Waals surface area contributed by atoms with Crippen LogP contribution in [0, 0.1) is 0 Å². The zero-order chi connectivity index (χ0) is 19.9. The summed E-state index contributed by atoms with van der Waals surface area (Å²) in [7, 11) is 1.32. The number of thiocarbonyl (C=S) groups is 1. The van der Waals surface area contributed by atoms with Crippen molar-refractivity contribution < 1.29 is 19.1 Å². The molecule has 0 atom stereocenters. The average Bonchev–Trinajstić information content (AvgIpc) is 2.98. The number of carbonyl (C=O) groups is 2. The number of esters is 1. The largest absolute Gasteiger partial charge is 0.489 e. The minimum atomic E-state index is -0.374. The maximum absolute atomic E-state index is 12.6. The van der Waals surface area contributed by atoms with E-state index in [9.17, 15) is 9.59 Å².